The maximum Gasteiger partial charge on any atom is 0.226 e. The molecule has 140 valence electrons. The molecule has 6 nitrogen and oxygen atoms in total. The minimum atomic E-state index is 0.449. The molecular weight excluding hydrogens is 406 g/mol. The topological polar surface area (TPSA) is 58.3 Å². The number of oxazole rings is 1. The molecule has 1 aliphatic rings. The van der Waals surface area contributed by atoms with Crippen LogP contribution in [0.3, 0.4) is 0 Å². The predicted molar refractivity (Wildman–Crippen MR) is 108 cm³/mol. The van der Waals surface area contributed by atoms with E-state index in [4.69, 9.17) is 4.42 Å². The summed E-state index contributed by atoms with van der Waals surface area (Å²) in [5.74, 6) is 1.63. The highest BCUT2D eigenvalue weighted by Crippen LogP contribution is 2.25. The molecule has 4 rings (SSSR count). The second-order valence-electron chi connectivity index (χ2n) is 6.92. The molecule has 3 heterocycles. The number of hydrogen-bond acceptors (Lipinski definition) is 6. The molecule has 0 bridgehead atoms. The van der Waals surface area contributed by atoms with Gasteiger partial charge in [0.15, 0.2) is 5.82 Å². The van der Waals surface area contributed by atoms with Gasteiger partial charge in [0.05, 0.1) is 5.69 Å². The lowest BCUT2D eigenvalue weighted by Gasteiger charge is -2.28. The minimum Gasteiger partial charge on any atom is -0.444 e. The molecule has 1 saturated heterocycles. The van der Waals surface area contributed by atoms with Crippen LogP contribution in [-0.2, 0) is 6.54 Å². The van der Waals surface area contributed by atoms with E-state index < -0.39 is 0 Å². The highest BCUT2D eigenvalue weighted by Gasteiger charge is 2.27. The Bertz CT molecular complexity index is 868. The monoisotopic (exact) mass is 427 g/mol. The molecule has 2 aromatic heterocycles. The van der Waals surface area contributed by atoms with Crippen LogP contribution in [0.2, 0.25) is 0 Å². The zero-order valence-electron chi connectivity index (χ0n) is 15.3. The smallest absolute Gasteiger partial charge is 0.226 e. The van der Waals surface area contributed by atoms with Crippen molar-refractivity contribution in [3.05, 3.63) is 59.0 Å². The first-order chi connectivity index (χ1) is 13.2. The van der Waals surface area contributed by atoms with Gasteiger partial charge in [-0.05, 0) is 56.3 Å². The van der Waals surface area contributed by atoms with Crippen molar-refractivity contribution in [3.8, 4) is 11.5 Å². The number of rotatable bonds is 6. The number of anilines is 1. The minimum absolute atomic E-state index is 0.449. The largest absolute Gasteiger partial charge is 0.444 e. The van der Waals surface area contributed by atoms with Crippen molar-refractivity contribution in [2.75, 3.05) is 25.0 Å². The molecule has 27 heavy (non-hydrogen) atoms. The first-order valence-electron chi connectivity index (χ1n) is 9.12. The quantitative estimate of drug-likeness (QED) is 0.592. The van der Waals surface area contributed by atoms with Crippen molar-refractivity contribution in [2.24, 2.45) is 0 Å². The van der Waals surface area contributed by atoms with E-state index in [2.05, 4.69) is 48.0 Å². The predicted octanol–water partition coefficient (Wildman–Crippen LogP) is 3.99. The molecule has 0 amide bonds. The van der Waals surface area contributed by atoms with Crippen LogP contribution in [-0.4, -0.2) is 46.3 Å². The van der Waals surface area contributed by atoms with Crippen LogP contribution in [0.1, 0.15) is 18.5 Å². The van der Waals surface area contributed by atoms with Crippen molar-refractivity contribution < 1.29 is 4.42 Å². The van der Waals surface area contributed by atoms with E-state index in [9.17, 15) is 0 Å². The average molecular weight is 428 g/mol. The molecule has 3 aromatic rings. The van der Waals surface area contributed by atoms with Gasteiger partial charge in [-0.2, -0.15) is 5.10 Å². The molecule has 7 heteroatoms. The number of aromatic nitrogens is 3. The summed E-state index contributed by atoms with van der Waals surface area (Å²) >= 11 is 3.45. The zero-order chi connectivity index (χ0) is 18.6. The van der Waals surface area contributed by atoms with Gasteiger partial charge in [-0.3, -0.25) is 4.90 Å². The molecule has 1 unspecified atom stereocenters. The summed E-state index contributed by atoms with van der Waals surface area (Å²) in [6.45, 7) is 2.75. The number of benzene rings is 1. The SMILES string of the molecule is CN(Cc1coc(-c2ccc(Br)cc2)n1)CC1CCCN1c1cccnn1. The van der Waals surface area contributed by atoms with Gasteiger partial charge in [-0.1, -0.05) is 15.9 Å². The Hall–Kier alpha value is -2.25. The van der Waals surface area contributed by atoms with Crippen LogP contribution < -0.4 is 4.90 Å². The lowest BCUT2D eigenvalue weighted by molar-refractivity contribution is 0.299. The standard InChI is InChI=1S/C20H22BrN5O/c1-25(13-18-4-3-11-26(18)19-5-2-10-22-24-19)12-17-14-27-20(23-17)15-6-8-16(21)9-7-15/h2,5-10,14,18H,3-4,11-13H2,1H3. The Balaban J connectivity index is 1.38. The lowest BCUT2D eigenvalue weighted by atomic mass is 10.2. The summed E-state index contributed by atoms with van der Waals surface area (Å²) in [4.78, 5) is 9.30. The molecule has 1 aromatic carbocycles. The van der Waals surface area contributed by atoms with Crippen LogP contribution in [0.5, 0.6) is 0 Å². The summed E-state index contributed by atoms with van der Waals surface area (Å²) in [7, 11) is 2.13. The van der Waals surface area contributed by atoms with E-state index in [0.29, 0.717) is 11.9 Å². The Morgan fingerprint density at radius 2 is 2.11 bits per heavy atom. The van der Waals surface area contributed by atoms with Gasteiger partial charge in [-0.25, -0.2) is 4.98 Å². The van der Waals surface area contributed by atoms with Crippen molar-refractivity contribution in [2.45, 2.75) is 25.4 Å². The highest BCUT2D eigenvalue weighted by atomic mass is 79.9. The molecule has 0 aliphatic carbocycles. The molecule has 0 spiro atoms. The Kier molecular flexibility index (Phi) is 5.50. The normalized spacial score (nSPS) is 17.0. The maximum absolute atomic E-state index is 5.67. The van der Waals surface area contributed by atoms with E-state index in [0.717, 1.165) is 41.2 Å². The number of hydrogen-bond donors (Lipinski definition) is 0. The fourth-order valence-electron chi connectivity index (χ4n) is 3.58. The third-order valence-electron chi connectivity index (χ3n) is 4.83. The zero-order valence-corrected chi connectivity index (χ0v) is 16.8. The van der Waals surface area contributed by atoms with Gasteiger partial charge in [0.1, 0.15) is 6.26 Å². The summed E-state index contributed by atoms with van der Waals surface area (Å²) in [5, 5.41) is 8.29. The van der Waals surface area contributed by atoms with Gasteiger partial charge < -0.3 is 9.32 Å². The highest BCUT2D eigenvalue weighted by molar-refractivity contribution is 9.10. The van der Waals surface area contributed by atoms with E-state index in [1.807, 2.05) is 36.4 Å². The van der Waals surface area contributed by atoms with Crippen molar-refractivity contribution >= 4 is 21.7 Å². The van der Waals surface area contributed by atoms with E-state index >= 15 is 0 Å². The fourth-order valence-corrected chi connectivity index (χ4v) is 3.84. The van der Waals surface area contributed by atoms with Crippen LogP contribution in [0.4, 0.5) is 5.82 Å². The number of halogens is 1. The van der Waals surface area contributed by atoms with Crippen LogP contribution >= 0.6 is 15.9 Å². The summed E-state index contributed by atoms with van der Waals surface area (Å²) in [6, 6.07) is 12.4. The first-order valence-corrected chi connectivity index (χ1v) is 9.91. The lowest BCUT2D eigenvalue weighted by Crippen LogP contribution is -2.39. The maximum atomic E-state index is 5.67. The molecular formula is C20H22BrN5O. The molecule has 1 atom stereocenters. The molecule has 0 radical (unpaired) electrons. The van der Waals surface area contributed by atoms with Gasteiger partial charge in [0.2, 0.25) is 5.89 Å². The van der Waals surface area contributed by atoms with Gasteiger partial charge in [0, 0.05) is 41.9 Å². The number of likely N-dealkylation sites (N-methyl/N-ethyl adjacent to an activating group) is 1. The average Bonchev–Trinajstić information content (AvgIpc) is 3.33. The van der Waals surface area contributed by atoms with Gasteiger partial charge >= 0.3 is 0 Å². The van der Waals surface area contributed by atoms with E-state index in [1.165, 1.54) is 12.8 Å². The molecule has 1 aliphatic heterocycles. The van der Waals surface area contributed by atoms with Crippen molar-refractivity contribution in [3.63, 3.8) is 0 Å². The van der Waals surface area contributed by atoms with E-state index in [1.54, 1.807) is 12.5 Å². The summed E-state index contributed by atoms with van der Waals surface area (Å²) in [5.41, 5.74) is 1.93. The fraction of sp³-hybridized carbons (Fsp3) is 0.350. The third kappa shape index (κ3) is 4.36. The Labute approximate surface area is 167 Å². The van der Waals surface area contributed by atoms with Crippen LogP contribution in [0, 0.1) is 0 Å². The molecule has 0 saturated carbocycles. The number of nitrogens with zero attached hydrogens (tertiary/aromatic N) is 5. The van der Waals surface area contributed by atoms with E-state index in [-0.39, 0.29) is 0 Å². The second-order valence-corrected chi connectivity index (χ2v) is 7.83. The van der Waals surface area contributed by atoms with Crippen LogP contribution in [0.25, 0.3) is 11.5 Å². The summed E-state index contributed by atoms with van der Waals surface area (Å²) < 4.78 is 6.71. The first kappa shape index (κ1) is 18.1. The summed E-state index contributed by atoms with van der Waals surface area (Å²) in [6.07, 6.45) is 5.83. The second kappa shape index (κ2) is 8.19. The van der Waals surface area contributed by atoms with Crippen molar-refractivity contribution in [1.82, 2.24) is 20.1 Å². The van der Waals surface area contributed by atoms with Crippen molar-refractivity contribution in [1.29, 1.82) is 0 Å². The molecule has 1 fully saturated rings. The Morgan fingerprint density at radius 3 is 2.89 bits per heavy atom. The van der Waals surface area contributed by atoms with Gasteiger partial charge in [0.25, 0.3) is 0 Å². The molecule has 0 N–H and O–H groups in total. The Morgan fingerprint density at radius 1 is 1.26 bits per heavy atom. The third-order valence-corrected chi connectivity index (χ3v) is 5.36. The van der Waals surface area contributed by atoms with Gasteiger partial charge in [-0.15, -0.1) is 5.10 Å². The van der Waals surface area contributed by atoms with Crippen LogP contribution in [0.15, 0.2) is 57.7 Å².